The number of allylic oxidation sites excluding steroid dienone is 4. The van der Waals surface area contributed by atoms with E-state index >= 15 is 0 Å². The highest BCUT2D eigenvalue weighted by Gasteiger charge is 2.02. The summed E-state index contributed by atoms with van der Waals surface area (Å²) in [5, 5.41) is 0. The molecule has 0 aromatic carbocycles. The zero-order valence-corrected chi connectivity index (χ0v) is 5.36. The van der Waals surface area contributed by atoms with Crippen LogP contribution in [0.15, 0.2) is 23.7 Å². The van der Waals surface area contributed by atoms with Gasteiger partial charge in [-0.25, -0.2) is 4.39 Å². The van der Waals surface area contributed by atoms with Gasteiger partial charge in [-0.3, -0.25) is 0 Å². The van der Waals surface area contributed by atoms with Crippen molar-refractivity contribution in [2.45, 2.75) is 12.8 Å². The third-order valence-electron chi connectivity index (χ3n) is 1.29. The van der Waals surface area contributed by atoms with Crippen molar-refractivity contribution in [1.82, 2.24) is 0 Å². The van der Waals surface area contributed by atoms with Crippen molar-refractivity contribution >= 4 is 0 Å². The fourth-order valence-corrected chi connectivity index (χ4v) is 0.798. The van der Waals surface area contributed by atoms with Gasteiger partial charge in [-0.1, -0.05) is 0 Å². The summed E-state index contributed by atoms with van der Waals surface area (Å²) in [5.41, 5.74) is 0. The maximum atomic E-state index is 12.3. The minimum atomic E-state index is -0.182. The Morgan fingerprint density at radius 1 is 1.67 bits per heavy atom. The molecular formula is C7H9FO. The Hall–Kier alpha value is -0.790. The molecule has 2 heteroatoms. The van der Waals surface area contributed by atoms with Crippen molar-refractivity contribution in [2.75, 3.05) is 7.11 Å². The maximum absolute atomic E-state index is 12.3. The fraction of sp³-hybridized carbons (Fsp3) is 0.429. The molecule has 0 heterocycles. The van der Waals surface area contributed by atoms with Gasteiger partial charge >= 0.3 is 0 Å². The minimum absolute atomic E-state index is 0.182. The van der Waals surface area contributed by atoms with Crippen LogP contribution in [0.4, 0.5) is 4.39 Å². The van der Waals surface area contributed by atoms with E-state index < -0.39 is 0 Å². The van der Waals surface area contributed by atoms with Gasteiger partial charge in [0.05, 0.1) is 12.9 Å². The lowest BCUT2D eigenvalue weighted by Crippen LogP contribution is -1.91. The molecule has 0 amide bonds. The molecular weight excluding hydrogens is 119 g/mol. The van der Waals surface area contributed by atoms with E-state index in [1.165, 1.54) is 6.08 Å². The molecule has 0 aliphatic heterocycles. The lowest BCUT2D eigenvalue weighted by molar-refractivity contribution is 0.274. The van der Waals surface area contributed by atoms with Crippen LogP contribution in [-0.4, -0.2) is 7.11 Å². The highest BCUT2D eigenvalue weighted by Crippen LogP contribution is 2.17. The van der Waals surface area contributed by atoms with Crippen molar-refractivity contribution in [2.24, 2.45) is 0 Å². The average Bonchev–Trinajstić information content (AvgIpc) is 1.88. The molecule has 1 aliphatic rings. The summed E-state index contributed by atoms with van der Waals surface area (Å²) in [6.07, 6.45) is 4.56. The first-order chi connectivity index (χ1) is 4.33. The van der Waals surface area contributed by atoms with Gasteiger partial charge in [-0.15, -0.1) is 0 Å². The van der Waals surface area contributed by atoms with E-state index in [2.05, 4.69) is 0 Å². The van der Waals surface area contributed by atoms with E-state index in [1.807, 2.05) is 0 Å². The third-order valence-corrected chi connectivity index (χ3v) is 1.29. The molecule has 1 nitrogen and oxygen atoms in total. The van der Waals surface area contributed by atoms with Crippen molar-refractivity contribution in [3.8, 4) is 0 Å². The minimum Gasteiger partial charge on any atom is -0.501 e. The first-order valence-corrected chi connectivity index (χ1v) is 2.93. The van der Waals surface area contributed by atoms with Crippen molar-refractivity contribution in [1.29, 1.82) is 0 Å². The smallest absolute Gasteiger partial charge is 0.122 e. The largest absolute Gasteiger partial charge is 0.501 e. The van der Waals surface area contributed by atoms with Crippen LogP contribution in [0, 0.1) is 0 Å². The number of hydrogen-bond acceptors (Lipinski definition) is 1. The molecule has 0 spiro atoms. The second-order valence-corrected chi connectivity index (χ2v) is 1.94. The zero-order valence-electron chi connectivity index (χ0n) is 5.36. The van der Waals surface area contributed by atoms with Gasteiger partial charge in [0.25, 0.3) is 0 Å². The summed E-state index contributed by atoms with van der Waals surface area (Å²) in [6, 6.07) is 0. The van der Waals surface area contributed by atoms with Crippen molar-refractivity contribution in [3.63, 3.8) is 0 Å². The average molecular weight is 128 g/mol. The first-order valence-electron chi connectivity index (χ1n) is 2.93. The van der Waals surface area contributed by atoms with E-state index in [9.17, 15) is 4.39 Å². The molecule has 0 atom stereocenters. The molecule has 0 N–H and O–H groups in total. The number of rotatable bonds is 1. The number of halogens is 1. The van der Waals surface area contributed by atoms with Crippen molar-refractivity contribution < 1.29 is 9.13 Å². The second kappa shape index (κ2) is 2.67. The summed E-state index contributed by atoms with van der Waals surface area (Å²) < 4.78 is 17.2. The standard InChI is InChI=1S/C7H9FO/c1-9-7-4-2-3-6(8)5-7/h3,5H,2,4H2,1H3. The quantitative estimate of drug-likeness (QED) is 0.525. The third kappa shape index (κ3) is 1.56. The summed E-state index contributed by atoms with van der Waals surface area (Å²) in [4.78, 5) is 0. The maximum Gasteiger partial charge on any atom is 0.122 e. The lowest BCUT2D eigenvalue weighted by Gasteiger charge is -2.06. The van der Waals surface area contributed by atoms with E-state index in [-0.39, 0.29) is 5.83 Å². The first kappa shape index (κ1) is 6.33. The second-order valence-electron chi connectivity index (χ2n) is 1.94. The van der Waals surface area contributed by atoms with Crippen LogP contribution in [0.25, 0.3) is 0 Å². The van der Waals surface area contributed by atoms with Crippen LogP contribution >= 0.6 is 0 Å². The molecule has 0 bridgehead atoms. The summed E-state index contributed by atoms with van der Waals surface area (Å²) in [6.45, 7) is 0. The van der Waals surface area contributed by atoms with Crippen LogP contribution in [0.5, 0.6) is 0 Å². The topological polar surface area (TPSA) is 9.23 Å². The molecule has 0 aromatic rings. The Balaban J connectivity index is 2.63. The lowest BCUT2D eigenvalue weighted by atomic mass is 10.1. The Morgan fingerprint density at radius 3 is 2.89 bits per heavy atom. The summed E-state index contributed by atoms with van der Waals surface area (Å²) >= 11 is 0. The molecule has 0 saturated carbocycles. The fourth-order valence-electron chi connectivity index (χ4n) is 0.798. The molecule has 50 valence electrons. The zero-order chi connectivity index (χ0) is 6.69. The highest BCUT2D eigenvalue weighted by molar-refractivity contribution is 5.18. The molecule has 0 radical (unpaired) electrons. The van der Waals surface area contributed by atoms with Gasteiger partial charge in [0, 0.05) is 12.5 Å². The van der Waals surface area contributed by atoms with E-state index in [0.717, 1.165) is 18.6 Å². The van der Waals surface area contributed by atoms with Gasteiger partial charge in [-0.05, 0) is 12.5 Å². The molecule has 0 fully saturated rings. The van der Waals surface area contributed by atoms with Crippen LogP contribution in [-0.2, 0) is 4.74 Å². The predicted molar refractivity (Wildman–Crippen MR) is 33.5 cm³/mol. The Labute approximate surface area is 53.8 Å². The Kier molecular flexibility index (Phi) is 1.88. The highest BCUT2D eigenvalue weighted by atomic mass is 19.1. The number of methoxy groups -OCH3 is 1. The summed E-state index contributed by atoms with van der Waals surface area (Å²) in [5.74, 6) is 0.549. The molecule has 0 aromatic heterocycles. The Morgan fingerprint density at radius 2 is 2.44 bits per heavy atom. The SMILES string of the molecule is COC1=CC(F)=CCC1. The monoisotopic (exact) mass is 128 g/mol. The van der Waals surface area contributed by atoms with E-state index in [4.69, 9.17) is 4.74 Å². The van der Waals surface area contributed by atoms with Gasteiger partial charge in [0.1, 0.15) is 5.83 Å². The van der Waals surface area contributed by atoms with Crippen LogP contribution in [0.1, 0.15) is 12.8 Å². The molecule has 1 rings (SSSR count). The summed E-state index contributed by atoms with van der Waals surface area (Å²) in [7, 11) is 1.56. The van der Waals surface area contributed by atoms with E-state index in [1.54, 1.807) is 13.2 Å². The predicted octanol–water partition coefficient (Wildman–Crippen LogP) is 2.16. The van der Waals surface area contributed by atoms with Gasteiger partial charge in [-0.2, -0.15) is 0 Å². The number of ether oxygens (including phenoxy) is 1. The van der Waals surface area contributed by atoms with Gasteiger partial charge in [0.15, 0.2) is 0 Å². The normalized spacial score (nSPS) is 18.4. The molecule has 1 aliphatic carbocycles. The number of hydrogen-bond donors (Lipinski definition) is 0. The van der Waals surface area contributed by atoms with Gasteiger partial charge in [0.2, 0.25) is 0 Å². The van der Waals surface area contributed by atoms with Crippen LogP contribution < -0.4 is 0 Å². The van der Waals surface area contributed by atoms with Gasteiger partial charge < -0.3 is 4.74 Å². The molecule has 0 unspecified atom stereocenters. The molecule has 9 heavy (non-hydrogen) atoms. The Bertz CT molecular complexity index is 158. The van der Waals surface area contributed by atoms with Crippen LogP contribution in [0.2, 0.25) is 0 Å². The van der Waals surface area contributed by atoms with E-state index in [0.29, 0.717) is 0 Å². The molecule has 0 saturated heterocycles. The van der Waals surface area contributed by atoms with Crippen molar-refractivity contribution in [3.05, 3.63) is 23.7 Å². The van der Waals surface area contributed by atoms with Crippen LogP contribution in [0.3, 0.4) is 0 Å².